The number of carboxylic acids is 1. The Morgan fingerprint density at radius 2 is 2.45 bits per heavy atom. The van der Waals surface area contributed by atoms with E-state index in [1.807, 2.05) is 0 Å². The molecular formula is C12H12N4O4S2. The SMILES string of the molecule is NC1C(=O)N2C(C(=O)O)=C(CSc3ccc[n+]([O-])n3)CS[C@H]12. The van der Waals surface area contributed by atoms with Crippen molar-refractivity contribution in [3.8, 4) is 0 Å². The Morgan fingerprint density at radius 3 is 3.14 bits per heavy atom. The van der Waals surface area contributed by atoms with Crippen LogP contribution in [0.15, 0.2) is 34.6 Å². The Labute approximate surface area is 133 Å². The molecule has 0 saturated carbocycles. The standard InChI is InChI=1S/C12H12N4O4S2/c13-8-10(17)16-9(12(18)19)6(5-22-11(8)16)4-21-7-2-1-3-15(20)14-7/h1-3,8,11H,4-5,13H2,(H,18,19)/t8?,11-/m1/s1. The van der Waals surface area contributed by atoms with Gasteiger partial charge in [-0.3, -0.25) is 9.69 Å². The molecule has 3 rings (SSSR count). The molecule has 1 unspecified atom stereocenters. The fraction of sp³-hybridized carbons (Fsp3) is 0.333. The van der Waals surface area contributed by atoms with Crippen molar-refractivity contribution in [1.82, 2.24) is 10.00 Å². The summed E-state index contributed by atoms with van der Waals surface area (Å²) in [5, 5.41) is 24.5. The quantitative estimate of drug-likeness (QED) is 0.322. The summed E-state index contributed by atoms with van der Waals surface area (Å²) in [6, 6.07) is 2.60. The number of fused-ring (bicyclic) bond motifs is 1. The summed E-state index contributed by atoms with van der Waals surface area (Å²) in [7, 11) is 0. The number of nitrogens with zero attached hydrogens (tertiary/aromatic N) is 3. The van der Waals surface area contributed by atoms with E-state index in [0.29, 0.717) is 26.9 Å². The van der Waals surface area contributed by atoms with Gasteiger partial charge in [0.2, 0.25) is 12.1 Å². The zero-order valence-corrected chi connectivity index (χ0v) is 12.8. The lowest BCUT2D eigenvalue weighted by Crippen LogP contribution is -2.68. The Bertz CT molecular complexity index is 681. The number of carbonyl (C=O) groups is 2. The van der Waals surface area contributed by atoms with Crippen LogP contribution in [0.25, 0.3) is 0 Å². The molecule has 0 bridgehead atoms. The molecule has 2 aliphatic rings. The van der Waals surface area contributed by atoms with Crippen molar-refractivity contribution in [2.24, 2.45) is 5.73 Å². The maximum Gasteiger partial charge on any atom is 0.352 e. The van der Waals surface area contributed by atoms with E-state index in [9.17, 15) is 19.9 Å². The van der Waals surface area contributed by atoms with Gasteiger partial charge in [0.15, 0.2) is 5.03 Å². The van der Waals surface area contributed by atoms with Crippen LogP contribution in [0.4, 0.5) is 0 Å². The van der Waals surface area contributed by atoms with Crippen molar-refractivity contribution in [1.29, 1.82) is 0 Å². The molecule has 1 aromatic heterocycles. The molecule has 1 aromatic rings. The van der Waals surface area contributed by atoms with Crippen molar-refractivity contribution in [3.63, 3.8) is 0 Å². The first kappa shape index (κ1) is 15.1. The van der Waals surface area contributed by atoms with Crippen LogP contribution in [-0.4, -0.2) is 49.9 Å². The van der Waals surface area contributed by atoms with Crippen LogP contribution in [0.3, 0.4) is 0 Å². The summed E-state index contributed by atoms with van der Waals surface area (Å²) >= 11 is 2.71. The number of carbonyl (C=O) groups excluding carboxylic acids is 1. The molecule has 10 heteroatoms. The van der Waals surface area contributed by atoms with Crippen LogP contribution in [0.2, 0.25) is 0 Å². The molecule has 3 N–H and O–H groups in total. The Hall–Kier alpha value is -1.78. The first-order valence-electron chi connectivity index (χ1n) is 6.34. The van der Waals surface area contributed by atoms with Gasteiger partial charge in [0.05, 0.1) is 0 Å². The maximum atomic E-state index is 11.8. The predicted molar refractivity (Wildman–Crippen MR) is 79.7 cm³/mol. The number of hydrogen-bond acceptors (Lipinski definition) is 7. The highest BCUT2D eigenvalue weighted by Gasteiger charge is 2.51. The zero-order valence-electron chi connectivity index (χ0n) is 11.2. The molecular weight excluding hydrogens is 328 g/mol. The summed E-state index contributed by atoms with van der Waals surface area (Å²) in [6.45, 7) is 0. The third-order valence-corrected chi connectivity index (χ3v) is 5.70. The molecule has 116 valence electrons. The van der Waals surface area contributed by atoms with E-state index in [0.717, 1.165) is 0 Å². The van der Waals surface area contributed by atoms with E-state index in [4.69, 9.17) is 5.73 Å². The van der Waals surface area contributed by atoms with Crippen LogP contribution in [-0.2, 0) is 9.59 Å². The van der Waals surface area contributed by atoms with Crippen molar-refractivity contribution < 1.29 is 19.5 Å². The first-order valence-corrected chi connectivity index (χ1v) is 8.37. The lowest BCUT2D eigenvalue weighted by Gasteiger charge is -2.48. The second-order valence-corrected chi connectivity index (χ2v) is 6.83. The highest BCUT2D eigenvalue weighted by Crippen LogP contribution is 2.40. The second kappa shape index (κ2) is 5.78. The number of aromatic nitrogens is 2. The van der Waals surface area contributed by atoms with Gasteiger partial charge in [-0.05, 0) is 11.6 Å². The molecule has 1 amide bonds. The smallest absolute Gasteiger partial charge is 0.352 e. The summed E-state index contributed by atoms with van der Waals surface area (Å²) in [4.78, 5) is 25.0. The molecule has 3 heterocycles. The topological polar surface area (TPSA) is 123 Å². The fourth-order valence-corrected chi connectivity index (χ4v) is 4.59. The summed E-state index contributed by atoms with van der Waals surface area (Å²) < 4.78 is 0. The number of rotatable bonds is 4. The van der Waals surface area contributed by atoms with Crippen LogP contribution in [0, 0.1) is 5.21 Å². The van der Waals surface area contributed by atoms with Crippen molar-refractivity contribution in [2.45, 2.75) is 16.4 Å². The predicted octanol–water partition coefficient (Wildman–Crippen LogP) is -0.612. The van der Waals surface area contributed by atoms with E-state index >= 15 is 0 Å². The molecule has 2 atom stereocenters. The van der Waals surface area contributed by atoms with Gasteiger partial charge in [0.25, 0.3) is 0 Å². The van der Waals surface area contributed by atoms with Crippen molar-refractivity contribution in [3.05, 3.63) is 34.8 Å². The van der Waals surface area contributed by atoms with E-state index in [2.05, 4.69) is 5.10 Å². The lowest BCUT2D eigenvalue weighted by molar-refractivity contribution is -0.672. The van der Waals surface area contributed by atoms with Gasteiger partial charge < -0.3 is 16.0 Å². The average molecular weight is 340 g/mol. The summed E-state index contributed by atoms with van der Waals surface area (Å²) in [5.41, 5.74) is 6.32. The largest absolute Gasteiger partial charge is 0.594 e. The van der Waals surface area contributed by atoms with Crippen molar-refractivity contribution in [2.75, 3.05) is 11.5 Å². The normalized spacial score (nSPS) is 24.0. The highest BCUT2D eigenvalue weighted by atomic mass is 32.2. The summed E-state index contributed by atoms with van der Waals surface area (Å²) in [6.07, 6.45) is 1.27. The van der Waals surface area contributed by atoms with Gasteiger partial charge >= 0.3 is 5.97 Å². The number of amides is 1. The molecule has 0 radical (unpaired) electrons. The minimum atomic E-state index is -1.14. The molecule has 2 aliphatic heterocycles. The first-order chi connectivity index (χ1) is 10.5. The van der Waals surface area contributed by atoms with Gasteiger partial charge in [-0.15, -0.1) is 11.8 Å². The summed E-state index contributed by atoms with van der Waals surface area (Å²) in [5.74, 6) is -0.674. The molecule has 0 aliphatic carbocycles. The Balaban J connectivity index is 1.81. The van der Waals surface area contributed by atoms with Gasteiger partial charge in [-0.2, -0.15) is 0 Å². The van der Waals surface area contributed by atoms with Crippen molar-refractivity contribution >= 4 is 35.4 Å². The fourth-order valence-electron chi connectivity index (χ4n) is 2.29. The molecule has 8 nitrogen and oxygen atoms in total. The minimum Gasteiger partial charge on any atom is -0.594 e. The third-order valence-electron chi connectivity index (χ3n) is 3.33. The van der Waals surface area contributed by atoms with Crippen LogP contribution in [0.1, 0.15) is 0 Å². The molecule has 1 fully saturated rings. The van der Waals surface area contributed by atoms with Crippen LogP contribution in [0.5, 0.6) is 0 Å². The number of carboxylic acid groups (broad SMARTS) is 1. The van der Waals surface area contributed by atoms with E-state index in [1.54, 1.807) is 12.1 Å². The molecule has 22 heavy (non-hydrogen) atoms. The lowest BCUT2D eigenvalue weighted by atomic mass is 10.0. The molecule has 1 saturated heterocycles. The highest BCUT2D eigenvalue weighted by molar-refractivity contribution is 8.01. The van der Waals surface area contributed by atoms with Gasteiger partial charge in [-0.25, -0.2) is 4.79 Å². The van der Waals surface area contributed by atoms with E-state index in [-0.39, 0.29) is 17.0 Å². The molecule has 0 spiro atoms. The number of β-lactam (4-membered cyclic amide) rings is 1. The Kier molecular flexibility index (Phi) is 3.98. The van der Waals surface area contributed by atoms with E-state index in [1.165, 1.54) is 34.6 Å². The average Bonchev–Trinajstić information content (AvgIpc) is 2.51. The monoisotopic (exact) mass is 340 g/mol. The maximum absolute atomic E-state index is 11.8. The zero-order chi connectivity index (χ0) is 15.9. The van der Waals surface area contributed by atoms with Gasteiger partial charge in [0, 0.05) is 22.7 Å². The number of thioether (sulfide) groups is 2. The van der Waals surface area contributed by atoms with E-state index < -0.39 is 12.0 Å². The minimum absolute atomic E-state index is 0.00822. The third kappa shape index (κ3) is 2.53. The van der Waals surface area contributed by atoms with Gasteiger partial charge in [0.1, 0.15) is 17.1 Å². The van der Waals surface area contributed by atoms with Gasteiger partial charge in [-0.1, -0.05) is 16.6 Å². The Morgan fingerprint density at radius 1 is 1.68 bits per heavy atom. The van der Waals surface area contributed by atoms with Crippen LogP contribution >= 0.6 is 23.5 Å². The second-order valence-electron chi connectivity index (χ2n) is 4.73. The number of nitrogens with two attached hydrogens (primary N) is 1. The number of aliphatic carboxylic acids is 1. The van der Waals surface area contributed by atoms with Crippen LogP contribution < -0.4 is 10.6 Å². The number of hydrogen-bond donors (Lipinski definition) is 2. The molecule has 0 aromatic carbocycles.